The number of hydrogen-bond donors (Lipinski definition) is 1. The Morgan fingerprint density at radius 2 is 2.05 bits per heavy atom. The lowest BCUT2D eigenvalue weighted by Crippen LogP contribution is -2.38. The third-order valence-electron chi connectivity index (χ3n) is 3.43. The second kappa shape index (κ2) is 6.06. The summed E-state index contributed by atoms with van der Waals surface area (Å²) in [4.78, 5) is 11.9. The number of amides is 1. The molecule has 19 heavy (non-hydrogen) atoms. The molecule has 0 bridgehead atoms. The van der Waals surface area contributed by atoms with Crippen LogP contribution >= 0.6 is 23.2 Å². The van der Waals surface area contributed by atoms with Gasteiger partial charge in [0.15, 0.2) is 0 Å². The Balaban J connectivity index is 2.14. The highest BCUT2D eigenvalue weighted by molar-refractivity contribution is 6.30. The van der Waals surface area contributed by atoms with Gasteiger partial charge in [-0.25, -0.2) is 8.78 Å². The van der Waals surface area contributed by atoms with Crippen molar-refractivity contribution < 1.29 is 13.6 Å². The summed E-state index contributed by atoms with van der Waals surface area (Å²) in [6.45, 7) is 0. The smallest absolute Gasteiger partial charge is 0.254 e. The molecule has 1 amide bonds. The molecule has 2 unspecified atom stereocenters. The Labute approximate surface area is 120 Å². The van der Waals surface area contributed by atoms with E-state index in [0.29, 0.717) is 5.88 Å². The third kappa shape index (κ3) is 3.18. The first-order valence-electron chi connectivity index (χ1n) is 6.04. The second-order valence-corrected chi connectivity index (χ2v) is 5.39. The average molecular weight is 308 g/mol. The minimum atomic E-state index is -0.829. The van der Waals surface area contributed by atoms with Crippen LogP contribution in [0.25, 0.3) is 0 Å². The van der Waals surface area contributed by atoms with Crippen LogP contribution in [0.5, 0.6) is 0 Å². The maximum Gasteiger partial charge on any atom is 0.254 e. The molecule has 1 aliphatic carbocycles. The number of nitrogens with one attached hydrogen (secondary N) is 1. The van der Waals surface area contributed by atoms with Gasteiger partial charge in [-0.3, -0.25) is 4.79 Å². The molecule has 0 spiro atoms. The molecular weight excluding hydrogens is 295 g/mol. The van der Waals surface area contributed by atoms with Crippen molar-refractivity contribution in [3.8, 4) is 0 Å². The van der Waals surface area contributed by atoms with Gasteiger partial charge in [-0.15, -0.1) is 11.6 Å². The van der Waals surface area contributed by atoms with Crippen molar-refractivity contribution in [3.05, 3.63) is 34.4 Å². The van der Waals surface area contributed by atoms with E-state index >= 15 is 0 Å². The van der Waals surface area contributed by atoms with Gasteiger partial charge < -0.3 is 5.32 Å². The van der Waals surface area contributed by atoms with E-state index < -0.39 is 17.5 Å². The van der Waals surface area contributed by atoms with Gasteiger partial charge >= 0.3 is 0 Å². The zero-order chi connectivity index (χ0) is 14.0. The SMILES string of the molecule is O=C(NC1CCCC1CCl)c1cc(F)c(Cl)cc1F. The van der Waals surface area contributed by atoms with Crippen LogP contribution in [0.15, 0.2) is 12.1 Å². The fraction of sp³-hybridized carbons (Fsp3) is 0.462. The number of carbonyl (C=O) groups is 1. The van der Waals surface area contributed by atoms with Gasteiger partial charge in [0.1, 0.15) is 11.6 Å². The molecule has 1 aromatic rings. The van der Waals surface area contributed by atoms with Gasteiger partial charge in [0.05, 0.1) is 10.6 Å². The molecule has 1 aliphatic rings. The van der Waals surface area contributed by atoms with Crippen molar-refractivity contribution >= 4 is 29.1 Å². The molecule has 2 nitrogen and oxygen atoms in total. The standard InChI is InChI=1S/C13H13Cl2F2NO/c14-6-7-2-1-3-12(7)18-13(19)8-4-11(17)9(15)5-10(8)16/h4-5,7,12H,1-3,6H2,(H,18,19). The fourth-order valence-electron chi connectivity index (χ4n) is 2.35. The molecule has 104 valence electrons. The summed E-state index contributed by atoms with van der Waals surface area (Å²) >= 11 is 11.2. The Morgan fingerprint density at radius 3 is 2.74 bits per heavy atom. The number of rotatable bonds is 3. The monoisotopic (exact) mass is 307 g/mol. The Morgan fingerprint density at radius 1 is 1.32 bits per heavy atom. The topological polar surface area (TPSA) is 29.1 Å². The molecule has 1 saturated carbocycles. The quantitative estimate of drug-likeness (QED) is 0.668. The van der Waals surface area contributed by atoms with E-state index in [9.17, 15) is 13.6 Å². The van der Waals surface area contributed by atoms with Crippen molar-refractivity contribution in [1.82, 2.24) is 5.32 Å². The average Bonchev–Trinajstić information content (AvgIpc) is 2.80. The predicted molar refractivity (Wildman–Crippen MR) is 70.7 cm³/mol. The molecule has 1 aromatic carbocycles. The maximum absolute atomic E-state index is 13.6. The zero-order valence-corrected chi connectivity index (χ0v) is 11.6. The summed E-state index contributed by atoms with van der Waals surface area (Å²) in [5, 5.41) is 2.37. The molecule has 1 fully saturated rings. The molecular formula is C13H13Cl2F2NO. The molecule has 1 N–H and O–H groups in total. The first-order valence-corrected chi connectivity index (χ1v) is 6.95. The van der Waals surface area contributed by atoms with Gasteiger partial charge in [-0.05, 0) is 30.9 Å². The van der Waals surface area contributed by atoms with E-state index in [2.05, 4.69) is 5.32 Å². The molecule has 2 rings (SSSR count). The van der Waals surface area contributed by atoms with Crippen LogP contribution in [-0.2, 0) is 0 Å². The lowest BCUT2D eigenvalue weighted by atomic mass is 10.1. The molecule has 0 heterocycles. The van der Waals surface area contributed by atoms with Crippen LogP contribution in [0.2, 0.25) is 5.02 Å². The van der Waals surface area contributed by atoms with Crippen LogP contribution in [0.4, 0.5) is 8.78 Å². The van der Waals surface area contributed by atoms with Crippen molar-refractivity contribution in [2.45, 2.75) is 25.3 Å². The largest absolute Gasteiger partial charge is 0.349 e. The van der Waals surface area contributed by atoms with Crippen LogP contribution in [-0.4, -0.2) is 17.8 Å². The first kappa shape index (κ1) is 14.5. The number of benzene rings is 1. The molecule has 0 aliphatic heterocycles. The second-order valence-electron chi connectivity index (χ2n) is 4.67. The Bertz CT molecular complexity index is 496. The highest BCUT2D eigenvalue weighted by atomic mass is 35.5. The molecule has 6 heteroatoms. The highest BCUT2D eigenvalue weighted by Gasteiger charge is 2.28. The van der Waals surface area contributed by atoms with Crippen molar-refractivity contribution in [3.63, 3.8) is 0 Å². The number of alkyl halides is 1. The van der Waals surface area contributed by atoms with Gasteiger partial charge in [0, 0.05) is 11.9 Å². The van der Waals surface area contributed by atoms with E-state index in [1.165, 1.54) is 0 Å². The normalized spacial score (nSPS) is 22.5. The number of carbonyl (C=O) groups excluding carboxylic acids is 1. The Kier molecular flexibility index (Phi) is 4.63. The summed E-state index contributed by atoms with van der Waals surface area (Å²) in [6, 6.07) is 1.54. The van der Waals surface area contributed by atoms with Gasteiger partial charge in [-0.1, -0.05) is 18.0 Å². The molecule has 0 aromatic heterocycles. The molecule has 0 saturated heterocycles. The zero-order valence-electron chi connectivity index (χ0n) is 10.1. The van der Waals surface area contributed by atoms with Gasteiger partial charge in [0.2, 0.25) is 0 Å². The summed E-state index contributed by atoms with van der Waals surface area (Å²) in [7, 11) is 0. The minimum absolute atomic E-state index is 0.0804. The molecule has 2 atom stereocenters. The first-order chi connectivity index (χ1) is 9.02. The van der Waals surface area contributed by atoms with Gasteiger partial charge in [-0.2, -0.15) is 0 Å². The summed E-state index contributed by atoms with van der Waals surface area (Å²) in [6.07, 6.45) is 2.71. The van der Waals surface area contributed by atoms with E-state index in [-0.39, 0.29) is 22.5 Å². The van der Waals surface area contributed by atoms with Crippen LogP contribution in [0.1, 0.15) is 29.6 Å². The van der Waals surface area contributed by atoms with Crippen molar-refractivity contribution in [2.24, 2.45) is 5.92 Å². The maximum atomic E-state index is 13.6. The van der Waals surface area contributed by atoms with E-state index in [1.807, 2.05) is 0 Å². The van der Waals surface area contributed by atoms with Crippen LogP contribution in [0.3, 0.4) is 0 Å². The van der Waals surface area contributed by atoms with Crippen molar-refractivity contribution in [1.29, 1.82) is 0 Å². The summed E-state index contributed by atoms with van der Waals surface area (Å²) < 4.78 is 26.9. The summed E-state index contributed by atoms with van der Waals surface area (Å²) in [5.74, 6) is -1.64. The van der Waals surface area contributed by atoms with Crippen LogP contribution in [0, 0.1) is 17.6 Å². The van der Waals surface area contributed by atoms with Crippen molar-refractivity contribution in [2.75, 3.05) is 5.88 Å². The van der Waals surface area contributed by atoms with E-state index in [4.69, 9.17) is 23.2 Å². The summed E-state index contributed by atoms with van der Waals surface area (Å²) in [5.41, 5.74) is -0.331. The van der Waals surface area contributed by atoms with E-state index in [0.717, 1.165) is 31.4 Å². The van der Waals surface area contributed by atoms with Gasteiger partial charge in [0.25, 0.3) is 5.91 Å². The fourth-order valence-corrected chi connectivity index (χ4v) is 2.87. The van der Waals surface area contributed by atoms with Crippen LogP contribution < -0.4 is 5.32 Å². The Hall–Kier alpha value is -0.870. The third-order valence-corrected chi connectivity index (χ3v) is 4.11. The lowest BCUT2D eigenvalue weighted by Gasteiger charge is -2.19. The highest BCUT2D eigenvalue weighted by Crippen LogP contribution is 2.27. The predicted octanol–water partition coefficient (Wildman–Crippen LogP) is 3.76. The lowest BCUT2D eigenvalue weighted by molar-refractivity contribution is 0.0925. The minimum Gasteiger partial charge on any atom is -0.349 e. The molecule has 0 radical (unpaired) electrons. The van der Waals surface area contributed by atoms with E-state index in [1.54, 1.807) is 0 Å². The number of halogens is 4. The number of hydrogen-bond acceptors (Lipinski definition) is 1.